The summed E-state index contributed by atoms with van der Waals surface area (Å²) in [5.74, 6) is 0.861. The molecule has 3 atom stereocenters. The minimum atomic E-state index is -0.0310. The van der Waals surface area contributed by atoms with Gasteiger partial charge in [0.2, 0.25) is 0 Å². The number of halogens is 1. The summed E-state index contributed by atoms with van der Waals surface area (Å²) in [5.41, 5.74) is 5.44. The lowest BCUT2D eigenvalue weighted by atomic mass is 9.91. The first kappa shape index (κ1) is 11.8. The Bertz CT molecular complexity index is 145. The number of hydrogen-bond donors (Lipinski definition) is 2. The zero-order valence-corrected chi connectivity index (χ0v) is 8.86. The van der Waals surface area contributed by atoms with E-state index in [-0.39, 0.29) is 17.1 Å². The summed E-state index contributed by atoms with van der Waals surface area (Å²) < 4.78 is 0. The van der Waals surface area contributed by atoms with Gasteiger partial charge in [0.25, 0.3) is 0 Å². The van der Waals surface area contributed by atoms with Crippen LogP contribution in [0.25, 0.3) is 0 Å². The fraction of sp³-hybridized carbons (Fsp3) is 0.889. The van der Waals surface area contributed by atoms with E-state index in [4.69, 9.17) is 22.7 Å². The summed E-state index contributed by atoms with van der Waals surface area (Å²) in [7, 11) is 0. The Balaban J connectivity index is 4.05. The van der Waals surface area contributed by atoms with Crippen molar-refractivity contribution >= 4 is 17.4 Å². The second-order valence-corrected chi connectivity index (χ2v) is 4.18. The fourth-order valence-electron chi connectivity index (χ4n) is 1.16. The molecule has 0 saturated heterocycles. The molecule has 3 unspecified atom stereocenters. The second-order valence-electron chi connectivity index (χ2n) is 3.49. The van der Waals surface area contributed by atoms with Gasteiger partial charge in [-0.2, -0.15) is 0 Å². The fourth-order valence-corrected chi connectivity index (χ4v) is 1.40. The van der Waals surface area contributed by atoms with Gasteiger partial charge >= 0.3 is 0 Å². The quantitative estimate of drug-likeness (QED) is 0.391. The lowest BCUT2D eigenvalue weighted by molar-refractivity contribution is 0.444. The maximum atomic E-state index is 7.34. The Hall–Kier alpha value is -0.240. The molecule has 72 valence electrons. The molecule has 3 heteroatoms. The van der Waals surface area contributed by atoms with Gasteiger partial charge in [-0.15, -0.1) is 11.6 Å². The second kappa shape index (κ2) is 5.41. The molecule has 0 aromatic heterocycles. The summed E-state index contributed by atoms with van der Waals surface area (Å²) in [5, 5.41) is 7.31. The predicted octanol–water partition coefficient (Wildman–Crippen LogP) is 2.60. The normalized spacial score (nSPS) is 18.3. The number of alkyl halides is 1. The maximum absolute atomic E-state index is 7.34. The van der Waals surface area contributed by atoms with E-state index in [1.165, 1.54) is 0 Å². The van der Waals surface area contributed by atoms with Gasteiger partial charge in [-0.3, -0.25) is 5.41 Å². The maximum Gasteiger partial charge on any atom is 0.0951 e. The van der Waals surface area contributed by atoms with E-state index in [1.54, 1.807) is 0 Å². The third kappa shape index (κ3) is 3.96. The van der Waals surface area contributed by atoms with Gasteiger partial charge in [-0.05, 0) is 19.3 Å². The minimum absolute atomic E-state index is 0.0310. The number of nitrogens with two attached hydrogens (primary N) is 1. The van der Waals surface area contributed by atoms with Gasteiger partial charge in [0.15, 0.2) is 0 Å². The van der Waals surface area contributed by atoms with E-state index in [1.807, 2.05) is 6.92 Å². The van der Waals surface area contributed by atoms with Crippen LogP contribution in [0, 0.1) is 17.2 Å². The zero-order chi connectivity index (χ0) is 9.72. The molecular weight excluding hydrogens is 172 g/mol. The zero-order valence-electron chi connectivity index (χ0n) is 8.10. The highest BCUT2D eigenvalue weighted by molar-refractivity contribution is 6.21. The first-order valence-electron chi connectivity index (χ1n) is 4.47. The molecule has 0 saturated carbocycles. The van der Waals surface area contributed by atoms with E-state index in [0.717, 1.165) is 12.8 Å². The molecule has 0 spiro atoms. The Kier molecular flexibility index (Phi) is 5.31. The minimum Gasteiger partial charge on any atom is -0.387 e. The van der Waals surface area contributed by atoms with Gasteiger partial charge in [0.1, 0.15) is 0 Å². The molecule has 0 radical (unpaired) electrons. The van der Waals surface area contributed by atoms with E-state index in [2.05, 4.69) is 13.8 Å². The van der Waals surface area contributed by atoms with E-state index in [9.17, 15) is 0 Å². The predicted molar refractivity (Wildman–Crippen MR) is 54.8 cm³/mol. The Morgan fingerprint density at radius 3 is 2.25 bits per heavy atom. The summed E-state index contributed by atoms with van der Waals surface area (Å²) in [4.78, 5) is 0. The molecule has 0 aromatic carbocycles. The Labute approximate surface area is 80.0 Å². The van der Waals surface area contributed by atoms with Crippen LogP contribution < -0.4 is 5.73 Å². The first-order valence-corrected chi connectivity index (χ1v) is 4.90. The number of rotatable bonds is 5. The van der Waals surface area contributed by atoms with Crippen molar-refractivity contribution < 1.29 is 0 Å². The van der Waals surface area contributed by atoms with Crippen molar-refractivity contribution in [2.24, 2.45) is 17.6 Å². The SMILES string of the molecule is CCC(C)CC(C(=N)N)C(C)Cl. The van der Waals surface area contributed by atoms with Gasteiger partial charge in [0, 0.05) is 11.3 Å². The van der Waals surface area contributed by atoms with Crippen LogP contribution in [-0.2, 0) is 0 Å². The molecule has 0 aliphatic rings. The molecule has 0 rings (SSSR count). The van der Waals surface area contributed by atoms with Crippen LogP contribution in [0.1, 0.15) is 33.6 Å². The van der Waals surface area contributed by atoms with Gasteiger partial charge in [-0.25, -0.2) is 0 Å². The topological polar surface area (TPSA) is 49.9 Å². The number of nitrogens with one attached hydrogen (secondary N) is 1. The van der Waals surface area contributed by atoms with Crippen LogP contribution in [0.4, 0.5) is 0 Å². The van der Waals surface area contributed by atoms with Crippen molar-refractivity contribution in [1.29, 1.82) is 5.41 Å². The van der Waals surface area contributed by atoms with Crippen LogP contribution >= 0.6 is 11.6 Å². The summed E-state index contributed by atoms with van der Waals surface area (Å²) in [6.07, 6.45) is 2.05. The molecule has 2 nitrogen and oxygen atoms in total. The average molecular weight is 191 g/mol. The summed E-state index contributed by atoms with van der Waals surface area (Å²) in [6.45, 7) is 6.20. The largest absolute Gasteiger partial charge is 0.387 e. The van der Waals surface area contributed by atoms with Gasteiger partial charge in [0.05, 0.1) is 5.84 Å². The molecule has 0 heterocycles. The summed E-state index contributed by atoms with van der Waals surface area (Å²) in [6, 6.07) is 0. The molecule has 0 aromatic rings. The van der Waals surface area contributed by atoms with Gasteiger partial charge < -0.3 is 5.73 Å². The third-order valence-electron chi connectivity index (χ3n) is 2.31. The Morgan fingerprint density at radius 2 is 2.00 bits per heavy atom. The lowest BCUT2D eigenvalue weighted by Gasteiger charge is -2.20. The van der Waals surface area contributed by atoms with Crippen molar-refractivity contribution in [2.45, 2.75) is 39.0 Å². The Morgan fingerprint density at radius 1 is 1.50 bits per heavy atom. The van der Waals surface area contributed by atoms with Crippen LogP contribution in [0.3, 0.4) is 0 Å². The molecule has 0 amide bonds. The summed E-state index contributed by atoms with van der Waals surface area (Å²) >= 11 is 5.92. The third-order valence-corrected chi connectivity index (χ3v) is 2.61. The standard InChI is InChI=1S/C9H19ClN2/c1-4-6(2)5-8(7(3)10)9(11)12/h6-8H,4-5H2,1-3H3,(H3,11,12). The monoisotopic (exact) mass is 190 g/mol. The van der Waals surface area contributed by atoms with Crippen LogP contribution in [0.5, 0.6) is 0 Å². The van der Waals surface area contributed by atoms with Crippen molar-refractivity contribution in [2.75, 3.05) is 0 Å². The van der Waals surface area contributed by atoms with Crippen molar-refractivity contribution in [3.63, 3.8) is 0 Å². The van der Waals surface area contributed by atoms with E-state index < -0.39 is 0 Å². The molecule has 3 N–H and O–H groups in total. The van der Waals surface area contributed by atoms with Crippen molar-refractivity contribution in [1.82, 2.24) is 0 Å². The molecule has 12 heavy (non-hydrogen) atoms. The van der Waals surface area contributed by atoms with E-state index in [0.29, 0.717) is 5.92 Å². The smallest absolute Gasteiger partial charge is 0.0951 e. The van der Waals surface area contributed by atoms with Gasteiger partial charge in [-0.1, -0.05) is 20.3 Å². The lowest BCUT2D eigenvalue weighted by Crippen LogP contribution is -2.30. The highest BCUT2D eigenvalue weighted by Crippen LogP contribution is 2.21. The molecular formula is C9H19ClN2. The number of hydrogen-bond acceptors (Lipinski definition) is 1. The molecule has 0 aliphatic carbocycles. The van der Waals surface area contributed by atoms with Crippen LogP contribution in [0.15, 0.2) is 0 Å². The van der Waals surface area contributed by atoms with E-state index >= 15 is 0 Å². The van der Waals surface area contributed by atoms with Crippen LogP contribution in [-0.4, -0.2) is 11.2 Å². The molecule has 0 aliphatic heterocycles. The van der Waals surface area contributed by atoms with Crippen molar-refractivity contribution in [3.8, 4) is 0 Å². The highest BCUT2D eigenvalue weighted by Gasteiger charge is 2.20. The molecule has 0 bridgehead atoms. The van der Waals surface area contributed by atoms with Crippen molar-refractivity contribution in [3.05, 3.63) is 0 Å². The first-order chi connectivity index (χ1) is 5.49. The molecule has 0 fully saturated rings. The number of amidine groups is 1. The van der Waals surface area contributed by atoms with Crippen LogP contribution in [0.2, 0.25) is 0 Å². The highest BCUT2D eigenvalue weighted by atomic mass is 35.5. The average Bonchev–Trinajstić information content (AvgIpc) is 1.98.